The first-order valence-corrected chi connectivity index (χ1v) is 5.23. The largest absolute Gasteiger partial charge is 0.322 e. The summed E-state index contributed by atoms with van der Waals surface area (Å²) in [6.45, 7) is 5.41. The van der Waals surface area contributed by atoms with Crippen molar-refractivity contribution in [1.82, 2.24) is 0 Å². The molecular formula is C12H16F2N2O. The van der Waals surface area contributed by atoms with Gasteiger partial charge in [-0.15, -0.1) is 0 Å². The minimum Gasteiger partial charge on any atom is -0.322 e. The summed E-state index contributed by atoms with van der Waals surface area (Å²) in [6.07, 6.45) is 0. The Morgan fingerprint density at radius 2 is 1.94 bits per heavy atom. The first kappa shape index (κ1) is 13.6. The van der Waals surface area contributed by atoms with Crippen molar-refractivity contribution in [2.45, 2.75) is 26.8 Å². The molecule has 0 aliphatic carbocycles. The summed E-state index contributed by atoms with van der Waals surface area (Å²) in [5.41, 5.74) is 5.21. The summed E-state index contributed by atoms with van der Waals surface area (Å²) in [5.74, 6) is -2.01. The lowest BCUT2D eigenvalue weighted by atomic mass is 9.87. The molecular weight excluding hydrogens is 226 g/mol. The molecule has 0 heterocycles. The lowest BCUT2D eigenvalue weighted by Gasteiger charge is -2.25. The Morgan fingerprint density at radius 3 is 2.41 bits per heavy atom. The minimum atomic E-state index is -0.820. The molecule has 1 rings (SSSR count). The van der Waals surface area contributed by atoms with Crippen molar-refractivity contribution in [3.63, 3.8) is 0 Å². The van der Waals surface area contributed by atoms with E-state index in [1.807, 2.05) is 0 Å². The average molecular weight is 242 g/mol. The Balaban J connectivity index is 2.82. The number of halogens is 2. The van der Waals surface area contributed by atoms with Crippen molar-refractivity contribution < 1.29 is 13.6 Å². The van der Waals surface area contributed by atoms with E-state index in [1.165, 1.54) is 0 Å². The van der Waals surface area contributed by atoms with Crippen molar-refractivity contribution in [1.29, 1.82) is 0 Å². The van der Waals surface area contributed by atoms with Crippen molar-refractivity contribution in [3.8, 4) is 0 Å². The number of nitrogens with one attached hydrogen (secondary N) is 1. The van der Waals surface area contributed by atoms with Crippen LogP contribution >= 0.6 is 0 Å². The molecule has 0 unspecified atom stereocenters. The van der Waals surface area contributed by atoms with Gasteiger partial charge in [0, 0.05) is 6.07 Å². The highest BCUT2D eigenvalue weighted by Crippen LogP contribution is 2.20. The van der Waals surface area contributed by atoms with E-state index < -0.39 is 29.0 Å². The van der Waals surface area contributed by atoms with Gasteiger partial charge in [-0.25, -0.2) is 8.78 Å². The smallest absolute Gasteiger partial charge is 0.241 e. The summed E-state index contributed by atoms with van der Waals surface area (Å²) >= 11 is 0. The number of rotatable bonds is 2. The van der Waals surface area contributed by atoms with E-state index in [1.54, 1.807) is 20.8 Å². The molecule has 0 spiro atoms. The van der Waals surface area contributed by atoms with Gasteiger partial charge in [-0.3, -0.25) is 4.79 Å². The molecule has 0 radical (unpaired) electrons. The fraction of sp³-hybridized carbons (Fsp3) is 0.417. The van der Waals surface area contributed by atoms with Crippen LogP contribution in [0.5, 0.6) is 0 Å². The Kier molecular flexibility index (Phi) is 3.83. The van der Waals surface area contributed by atoms with Gasteiger partial charge >= 0.3 is 0 Å². The van der Waals surface area contributed by atoms with E-state index in [2.05, 4.69) is 5.32 Å². The second kappa shape index (κ2) is 4.79. The summed E-state index contributed by atoms with van der Waals surface area (Å²) < 4.78 is 25.9. The van der Waals surface area contributed by atoms with Crippen LogP contribution in [0.4, 0.5) is 14.5 Å². The molecule has 0 fully saturated rings. The van der Waals surface area contributed by atoms with Crippen LogP contribution in [-0.2, 0) is 4.79 Å². The van der Waals surface area contributed by atoms with Crippen LogP contribution in [0.1, 0.15) is 20.8 Å². The first-order valence-electron chi connectivity index (χ1n) is 5.23. The van der Waals surface area contributed by atoms with Gasteiger partial charge in [0.15, 0.2) is 0 Å². The van der Waals surface area contributed by atoms with Gasteiger partial charge in [0.1, 0.15) is 11.6 Å². The third-order valence-corrected chi connectivity index (χ3v) is 2.40. The molecule has 3 N–H and O–H groups in total. The second-order valence-electron chi connectivity index (χ2n) is 4.96. The van der Waals surface area contributed by atoms with Gasteiger partial charge in [-0.2, -0.15) is 0 Å². The minimum absolute atomic E-state index is 0.0731. The Bertz CT molecular complexity index is 427. The predicted molar refractivity (Wildman–Crippen MR) is 62.4 cm³/mol. The van der Waals surface area contributed by atoms with E-state index in [4.69, 9.17) is 5.73 Å². The summed E-state index contributed by atoms with van der Waals surface area (Å²) in [7, 11) is 0. The van der Waals surface area contributed by atoms with Gasteiger partial charge in [0.25, 0.3) is 0 Å². The molecule has 1 atom stereocenters. The molecule has 0 bridgehead atoms. The van der Waals surface area contributed by atoms with E-state index >= 15 is 0 Å². The molecule has 94 valence electrons. The number of carbonyl (C=O) groups excluding carboxylic acids is 1. The lowest BCUT2D eigenvalue weighted by Crippen LogP contribution is -2.45. The van der Waals surface area contributed by atoms with Crippen LogP contribution < -0.4 is 11.1 Å². The number of amides is 1. The zero-order valence-electron chi connectivity index (χ0n) is 10.1. The van der Waals surface area contributed by atoms with E-state index in [-0.39, 0.29) is 5.69 Å². The third-order valence-electron chi connectivity index (χ3n) is 2.40. The molecule has 0 saturated heterocycles. The number of hydrogen-bond acceptors (Lipinski definition) is 2. The van der Waals surface area contributed by atoms with Gasteiger partial charge < -0.3 is 11.1 Å². The van der Waals surface area contributed by atoms with E-state index in [9.17, 15) is 13.6 Å². The van der Waals surface area contributed by atoms with E-state index in [0.29, 0.717) is 6.07 Å². The maximum Gasteiger partial charge on any atom is 0.241 e. The molecule has 3 nitrogen and oxygen atoms in total. The monoisotopic (exact) mass is 242 g/mol. The highest BCUT2D eigenvalue weighted by atomic mass is 19.1. The zero-order chi connectivity index (χ0) is 13.2. The average Bonchev–Trinajstić information content (AvgIpc) is 2.19. The topological polar surface area (TPSA) is 55.1 Å². The van der Waals surface area contributed by atoms with Crippen LogP contribution in [0.3, 0.4) is 0 Å². The quantitative estimate of drug-likeness (QED) is 0.835. The normalized spacial score (nSPS) is 13.3. The van der Waals surface area contributed by atoms with Crippen LogP contribution in [0.2, 0.25) is 0 Å². The van der Waals surface area contributed by atoms with Crippen molar-refractivity contribution >= 4 is 11.6 Å². The molecule has 0 aliphatic heterocycles. The standard InChI is InChI=1S/C12H16F2N2O/c1-12(2,3)10(15)11(17)16-9-5-4-7(13)6-8(9)14/h4-6,10H,15H2,1-3H3,(H,16,17)/t10-/m1/s1. The summed E-state index contributed by atoms with van der Waals surface area (Å²) in [6, 6.07) is 2.17. The second-order valence-corrected chi connectivity index (χ2v) is 4.96. The highest BCUT2D eigenvalue weighted by Gasteiger charge is 2.27. The summed E-state index contributed by atoms with van der Waals surface area (Å²) in [5, 5.41) is 2.34. The molecule has 0 aliphatic rings. The number of hydrogen-bond donors (Lipinski definition) is 2. The number of nitrogens with two attached hydrogens (primary N) is 1. The van der Waals surface area contributed by atoms with Gasteiger partial charge in [0.05, 0.1) is 11.7 Å². The fourth-order valence-electron chi connectivity index (χ4n) is 1.19. The Labute approximate surface area is 99.0 Å². The molecule has 1 aromatic rings. The lowest BCUT2D eigenvalue weighted by molar-refractivity contribution is -0.119. The Hall–Kier alpha value is -1.49. The maximum absolute atomic E-state index is 13.3. The fourth-order valence-corrected chi connectivity index (χ4v) is 1.19. The molecule has 0 saturated carbocycles. The van der Waals surface area contributed by atoms with Crippen molar-refractivity contribution in [2.75, 3.05) is 5.32 Å². The van der Waals surface area contributed by atoms with Crippen LogP contribution in [-0.4, -0.2) is 11.9 Å². The summed E-state index contributed by atoms with van der Waals surface area (Å²) in [4.78, 5) is 11.7. The molecule has 5 heteroatoms. The molecule has 17 heavy (non-hydrogen) atoms. The maximum atomic E-state index is 13.3. The van der Waals surface area contributed by atoms with Crippen LogP contribution in [0, 0.1) is 17.0 Å². The third kappa shape index (κ3) is 3.49. The van der Waals surface area contributed by atoms with Gasteiger partial charge in [-0.05, 0) is 17.5 Å². The van der Waals surface area contributed by atoms with Crippen LogP contribution in [0.15, 0.2) is 18.2 Å². The number of anilines is 1. The highest BCUT2D eigenvalue weighted by molar-refractivity contribution is 5.95. The van der Waals surface area contributed by atoms with Crippen molar-refractivity contribution in [3.05, 3.63) is 29.8 Å². The Morgan fingerprint density at radius 1 is 1.35 bits per heavy atom. The van der Waals surface area contributed by atoms with Gasteiger partial charge in [-0.1, -0.05) is 20.8 Å². The number of benzene rings is 1. The van der Waals surface area contributed by atoms with Crippen LogP contribution in [0.25, 0.3) is 0 Å². The van der Waals surface area contributed by atoms with E-state index in [0.717, 1.165) is 12.1 Å². The van der Waals surface area contributed by atoms with Crippen molar-refractivity contribution in [2.24, 2.45) is 11.1 Å². The molecule has 1 amide bonds. The SMILES string of the molecule is CC(C)(C)[C@H](N)C(=O)Nc1ccc(F)cc1F. The molecule has 1 aromatic carbocycles. The number of carbonyl (C=O) groups is 1. The predicted octanol–water partition coefficient (Wildman–Crippen LogP) is 2.28. The zero-order valence-corrected chi connectivity index (χ0v) is 10.1. The first-order chi connectivity index (χ1) is 7.71. The molecule has 0 aromatic heterocycles. The van der Waals surface area contributed by atoms with Gasteiger partial charge in [0.2, 0.25) is 5.91 Å².